The normalized spacial score (nSPS) is 24.8. The van der Waals surface area contributed by atoms with Crippen LogP contribution in [0, 0.1) is 11.8 Å². The van der Waals surface area contributed by atoms with Gasteiger partial charge < -0.3 is 18.9 Å². The van der Waals surface area contributed by atoms with Crippen LogP contribution < -0.4 is 19.5 Å². The van der Waals surface area contributed by atoms with Gasteiger partial charge >= 0.3 is 5.97 Å². The molecule has 9 heteroatoms. The summed E-state index contributed by atoms with van der Waals surface area (Å²) in [5.74, 6) is -1.02. The first-order valence-electron chi connectivity index (χ1n) is 13.2. The van der Waals surface area contributed by atoms with E-state index in [4.69, 9.17) is 18.9 Å². The number of esters is 1. The molecule has 4 atom stereocenters. The van der Waals surface area contributed by atoms with Gasteiger partial charge in [0, 0.05) is 24.6 Å². The summed E-state index contributed by atoms with van der Waals surface area (Å²) < 4.78 is 22.0. The van der Waals surface area contributed by atoms with E-state index in [1.165, 1.54) is 12.0 Å². The number of amides is 2. The van der Waals surface area contributed by atoms with Crippen molar-refractivity contribution >= 4 is 17.8 Å². The highest BCUT2D eigenvalue weighted by atomic mass is 16.7. The number of hydrogen-bond donors (Lipinski definition) is 1. The number of fused-ring (bicyclic) bond motifs is 2. The van der Waals surface area contributed by atoms with Crippen LogP contribution in [0.2, 0.25) is 0 Å². The summed E-state index contributed by atoms with van der Waals surface area (Å²) in [7, 11) is 2.89. The maximum atomic E-state index is 13.7. The molecule has 0 bridgehead atoms. The Labute approximate surface area is 232 Å². The number of carbonyl (C=O) groups excluding carboxylic acids is 3. The summed E-state index contributed by atoms with van der Waals surface area (Å²) in [6, 6.07) is 20.2. The Hall–Kier alpha value is -4.37. The molecule has 0 radical (unpaired) electrons. The number of hydrogen-bond acceptors (Lipinski definition) is 8. The van der Waals surface area contributed by atoms with Crippen molar-refractivity contribution in [3.8, 4) is 28.4 Å². The number of carbonyl (C=O) groups is 3. The van der Waals surface area contributed by atoms with Crippen LogP contribution in [0.1, 0.15) is 24.1 Å². The van der Waals surface area contributed by atoms with Gasteiger partial charge in [-0.25, -0.2) is 0 Å². The van der Waals surface area contributed by atoms with E-state index in [2.05, 4.69) is 5.32 Å². The summed E-state index contributed by atoms with van der Waals surface area (Å²) in [6.07, 6.45) is 0.196. The average Bonchev–Trinajstić information content (AvgIpc) is 3.66. The van der Waals surface area contributed by atoms with Gasteiger partial charge in [-0.05, 0) is 41.8 Å². The highest BCUT2D eigenvalue weighted by Crippen LogP contribution is 2.51. The number of rotatable bonds is 7. The number of nitrogens with one attached hydrogen (secondary N) is 1. The molecule has 2 fully saturated rings. The number of nitrogens with zero attached hydrogens (tertiary/aromatic N) is 1. The number of ether oxygens (including phenoxy) is 4. The Morgan fingerprint density at radius 1 is 1.00 bits per heavy atom. The van der Waals surface area contributed by atoms with E-state index >= 15 is 0 Å². The van der Waals surface area contributed by atoms with Gasteiger partial charge in [0.15, 0.2) is 11.5 Å². The van der Waals surface area contributed by atoms with Crippen molar-refractivity contribution in [3.05, 3.63) is 77.9 Å². The molecule has 3 unspecified atom stereocenters. The Balaban J connectivity index is 1.44. The largest absolute Gasteiger partial charge is 0.496 e. The molecular formula is C31H30N2O7. The van der Waals surface area contributed by atoms with E-state index in [1.807, 2.05) is 66.7 Å². The first-order chi connectivity index (χ1) is 19.4. The molecule has 1 N–H and O–H groups in total. The lowest BCUT2D eigenvalue weighted by Crippen LogP contribution is -2.57. The fourth-order valence-electron chi connectivity index (χ4n) is 6.39. The lowest BCUT2D eigenvalue weighted by molar-refractivity contribution is -0.154. The Morgan fingerprint density at radius 2 is 1.77 bits per heavy atom. The molecule has 40 heavy (non-hydrogen) atoms. The summed E-state index contributed by atoms with van der Waals surface area (Å²) >= 11 is 0. The SMILES string of the molecule is CCN1C(=O)C2C(c3ccc(-c4ccc5c(c4)OCO5)c(OC)c3)N[C@@](Cc3ccccc3)(C(=O)OC)C2C1=O. The molecule has 3 heterocycles. The van der Waals surface area contributed by atoms with Crippen LogP contribution in [0.15, 0.2) is 66.7 Å². The monoisotopic (exact) mass is 542 g/mol. The maximum absolute atomic E-state index is 13.7. The fourth-order valence-corrected chi connectivity index (χ4v) is 6.39. The van der Waals surface area contributed by atoms with E-state index in [-0.39, 0.29) is 31.6 Å². The molecule has 0 spiro atoms. The number of likely N-dealkylation sites (tertiary alicyclic amines) is 1. The molecule has 206 valence electrons. The second-order valence-corrected chi connectivity index (χ2v) is 10.2. The second-order valence-electron chi connectivity index (χ2n) is 10.2. The quantitative estimate of drug-likeness (QED) is 0.358. The van der Waals surface area contributed by atoms with E-state index in [1.54, 1.807) is 14.0 Å². The molecule has 3 aromatic rings. The van der Waals surface area contributed by atoms with Crippen LogP contribution in [-0.4, -0.2) is 55.8 Å². The Kier molecular flexibility index (Phi) is 6.46. The third-order valence-electron chi connectivity index (χ3n) is 8.21. The van der Waals surface area contributed by atoms with Gasteiger partial charge in [0.25, 0.3) is 0 Å². The first-order valence-corrected chi connectivity index (χ1v) is 13.2. The molecule has 6 rings (SSSR count). The van der Waals surface area contributed by atoms with Gasteiger partial charge in [0.05, 0.1) is 26.1 Å². The first kappa shape index (κ1) is 25.9. The molecule has 0 aliphatic carbocycles. The third kappa shape index (κ3) is 3.92. The molecule has 3 aromatic carbocycles. The topological polar surface area (TPSA) is 103 Å². The Morgan fingerprint density at radius 3 is 2.50 bits per heavy atom. The smallest absolute Gasteiger partial charge is 0.327 e. The minimum Gasteiger partial charge on any atom is -0.496 e. The van der Waals surface area contributed by atoms with Gasteiger partial charge in [-0.15, -0.1) is 0 Å². The van der Waals surface area contributed by atoms with E-state index < -0.39 is 29.4 Å². The fraction of sp³-hybridized carbons (Fsp3) is 0.323. The van der Waals surface area contributed by atoms with Crippen LogP contribution in [0.25, 0.3) is 11.1 Å². The standard InChI is InChI=1S/C31H30N2O7/c1-4-33-28(34)25-26(29(33)35)31(30(36)38-3,16-18-8-6-5-7-9-18)32-27(25)20-10-12-21(23(15-20)37-2)19-11-13-22-24(14-19)40-17-39-22/h5-15,25-27,32H,4,16-17H2,1-3H3/t25?,26?,27?,31-/m1/s1. The zero-order chi connectivity index (χ0) is 28.0. The second kappa shape index (κ2) is 9.98. The van der Waals surface area contributed by atoms with Crippen molar-refractivity contribution in [1.82, 2.24) is 10.2 Å². The zero-order valence-electron chi connectivity index (χ0n) is 22.5. The maximum Gasteiger partial charge on any atom is 0.327 e. The van der Waals surface area contributed by atoms with Gasteiger partial charge in [0.1, 0.15) is 11.3 Å². The lowest BCUT2D eigenvalue weighted by atomic mass is 9.76. The van der Waals surface area contributed by atoms with Crippen molar-refractivity contribution in [2.75, 3.05) is 27.6 Å². The van der Waals surface area contributed by atoms with Crippen LogP contribution in [-0.2, 0) is 25.5 Å². The van der Waals surface area contributed by atoms with Crippen molar-refractivity contribution in [3.63, 3.8) is 0 Å². The molecule has 0 aromatic heterocycles. The van der Waals surface area contributed by atoms with E-state index in [9.17, 15) is 14.4 Å². The molecule has 2 saturated heterocycles. The summed E-state index contributed by atoms with van der Waals surface area (Å²) in [5.41, 5.74) is 1.86. The van der Waals surface area contributed by atoms with Crippen LogP contribution >= 0.6 is 0 Å². The van der Waals surface area contributed by atoms with Crippen molar-refractivity contribution < 1.29 is 33.3 Å². The molecule has 3 aliphatic heterocycles. The summed E-state index contributed by atoms with van der Waals surface area (Å²) in [4.78, 5) is 42.2. The molecular weight excluding hydrogens is 512 g/mol. The van der Waals surface area contributed by atoms with E-state index in [0.717, 1.165) is 22.3 Å². The summed E-state index contributed by atoms with van der Waals surface area (Å²) in [6.45, 7) is 2.17. The molecule has 2 amide bonds. The van der Waals surface area contributed by atoms with Crippen molar-refractivity contribution in [2.24, 2.45) is 11.8 Å². The van der Waals surface area contributed by atoms with Crippen LogP contribution in [0.4, 0.5) is 0 Å². The van der Waals surface area contributed by atoms with Gasteiger partial charge in [-0.3, -0.25) is 24.6 Å². The van der Waals surface area contributed by atoms with Gasteiger partial charge in [-0.1, -0.05) is 48.5 Å². The molecule has 9 nitrogen and oxygen atoms in total. The lowest BCUT2D eigenvalue weighted by Gasteiger charge is -2.32. The Bertz CT molecular complexity index is 1490. The summed E-state index contributed by atoms with van der Waals surface area (Å²) in [5, 5.41) is 3.44. The third-order valence-corrected chi connectivity index (χ3v) is 8.21. The number of imide groups is 1. The van der Waals surface area contributed by atoms with Crippen molar-refractivity contribution in [2.45, 2.75) is 24.9 Å². The predicted molar refractivity (Wildman–Crippen MR) is 145 cm³/mol. The van der Waals surface area contributed by atoms with Crippen LogP contribution in [0.3, 0.4) is 0 Å². The minimum atomic E-state index is -1.43. The van der Waals surface area contributed by atoms with Gasteiger partial charge in [0.2, 0.25) is 18.6 Å². The molecule has 3 aliphatic rings. The minimum absolute atomic E-state index is 0.178. The zero-order valence-corrected chi connectivity index (χ0v) is 22.5. The average molecular weight is 543 g/mol. The number of benzene rings is 3. The van der Waals surface area contributed by atoms with Gasteiger partial charge in [-0.2, -0.15) is 0 Å². The van der Waals surface area contributed by atoms with Crippen molar-refractivity contribution in [1.29, 1.82) is 0 Å². The van der Waals surface area contributed by atoms with E-state index in [0.29, 0.717) is 17.2 Å². The molecule has 0 saturated carbocycles. The predicted octanol–water partition coefficient (Wildman–Crippen LogP) is 3.51. The highest BCUT2D eigenvalue weighted by molar-refractivity contribution is 6.09. The number of methoxy groups -OCH3 is 2. The van der Waals surface area contributed by atoms with Crippen LogP contribution in [0.5, 0.6) is 17.2 Å². The highest BCUT2D eigenvalue weighted by Gasteiger charge is 2.68.